The summed E-state index contributed by atoms with van der Waals surface area (Å²) in [5.41, 5.74) is 0. The van der Waals surface area contributed by atoms with Crippen LogP contribution in [0.3, 0.4) is 0 Å². The molecule has 0 heterocycles. The van der Waals surface area contributed by atoms with Gasteiger partial charge >= 0.3 is 17.9 Å². The quantitative estimate of drug-likeness (QED) is 0.0261. The topological polar surface area (TPSA) is 78.9 Å². The molecule has 0 aliphatic rings. The van der Waals surface area contributed by atoms with Crippen molar-refractivity contribution < 1.29 is 28.6 Å². The number of allylic oxidation sites excluding steroid dienone is 8. The lowest BCUT2D eigenvalue weighted by Gasteiger charge is -2.18. The average Bonchev–Trinajstić information content (AvgIpc) is 3.48. The molecule has 6 heteroatoms. The van der Waals surface area contributed by atoms with Gasteiger partial charge in [0.2, 0.25) is 0 Å². The predicted molar refractivity (Wildman–Crippen MR) is 362 cm³/mol. The summed E-state index contributed by atoms with van der Waals surface area (Å²) in [5, 5.41) is 0. The lowest BCUT2D eigenvalue weighted by atomic mass is 10.0. The van der Waals surface area contributed by atoms with E-state index in [-0.39, 0.29) is 31.1 Å². The van der Waals surface area contributed by atoms with Crippen molar-refractivity contribution in [3.8, 4) is 0 Å². The van der Waals surface area contributed by atoms with E-state index in [1.807, 2.05) is 0 Å². The lowest BCUT2D eigenvalue weighted by Crippen LogP contribution is -2.30. The third kappa shape index (κ3) is 70.0. The van der Waals surface area contributed by atoms with E-state index in [9.17, 15) is 14.4 Å². The molecule has 0 aliphatic heterocycles. The first-order chi connectivity index (χ1) is 41.0. The number of ether oxygens (including phenoxy) is 3. The summed E-state index contributed by atoms with van der Waals surface area (Å²) in [4.78, 5) is 38.4. The molecule has 0 saturated carbocycles. The minimum absolute atomic E-state index is 0.0706. The van der Waals surface area contributed by atoms with Crippen LogP contribution in [0.2, 0.25) is 0 Å². The molecule has 0 saturated heterocycles. The summed E-state index contributed by atoms with van der Waals surface area (Å²) in [6, 6.07) is 0. The number of hydrogen-bond acceptors (Lipinski definition) is 6. The minimum atomic E-state index is -0.774. The number of esters is 3. The molecule has 0 rings (SSSR count). The highest BCUT2D eigenvalue weighted by molar-refractivity contribution is 5.71. The number of carbonyl (C=O) groups excluding carboxylic acids is 3. The van der Waals surface area contributed by atoms with Crippen LogP contribution >= 0.6 is 0 Å². The van der Waals surface area contributed by atoms with Gasteiger partial charge in [-0.3, -0.25) is 14.4 Å². The minimum Gasteiger partial charge on any atom is -0.462 e. The summed E-state index contributed by atoms with van der Waals surface area (Å²) in [6.07, 6.45) is 91.7. The molecule has 1 unspecified atom stereocenters. The summed E-state index contributed by atoms with van der Waals surface area (Å²) >= 11 is 0. The summed E-state index contributed by atoms with van der Waals surface area (Å²) < 4.78 is 17.0. The molecule has 0 bridgehead atoms. The van der Waals surface area contributed by atoms with Gasteiger partial charge in [0, 0.05) is 19.3 Å². The van der Waals surface area contributed by atoms with Gasteiger partial charge in [-0.05, 0) is 77.0 Å². The van der Waals surface area contributed by atoms with Crippen LogP contribution in [0.15, 0.2) is 48.6 Å². The molecule has 0 amide bonds. The first-order valence-electron chi connectivity index (χ1n) is 37.1. The molecule has 0 fully saturated rings. The highest BCUT2D eigenvalue weighted by atomic mass is 16.6. The molecule has 6 nitrogen and oxygen atoms in total. The van der Waals surface area contributed by atoms with E-state index in [0.29, 0.717) is 19.3 Å². The highest BCUT2D eigenvalue weighted by Gasteiger charge is 2.19. The van der Waals surface area contributed by atoms with E-state index in [0.717, 1.165) is 83.5 Å². The molecule has 0 aromatic heterocycles. The van der Waals surface area contributed by atoms with Crippen LogP contribution in [0.5, 0.6) is 0 Å². The Labute approximate surface area is 518 Å². The fourth-order valence-electron chi connectivity index (χ4n) is 11.2. The van der Waals surface area contributed by atoms with Crippen molar-refractivity contribution in [2.45, 2.75) is 412 Å². The molecule has 0 radical (unpaired) electrons. The molecule has 0 aliphatic carbocycles. The van der Waals surface area contributed by atoms with Crippen LogP contribution < -0.4 is 0 Å². The van der Waals surface area contributed by atoms with Gasteiger partial charge in [-0.25, -0.2) is 0 Å². The van der Waals surface area contributed by atoms with E-state index in [4.69, 9.17) is 14.2 Å². The SMILES string of the molecule is CCC/C=C\CCCCCCCC(=O)OCC(COC(=O)CCCCCCCCCCCCCCCCCC/C=C\C/C=C\C/C=C\CCCCCCC)OC(=O)CCCCCCCCCCCCCCCCCCCCCCCCCC. The van der Waals surface area contributed by atoms with Crippen molar-refractivity contribution >= 4 is 17.9 Å². The lowest BCUT2D eigenvalue weighted by molar-refractivity contribution is -0.167. The first kappa shape index (κ1) is 80.4. The molecule has 0 spiro atoms. The van der Waals surface area contributed by atoms with Gasteiger partial charge in [0.15, 0.2) is 6.10 Å². The van der Waals surface area contributed by atoms with Gasteiger partial charge in [-0.2, -0.15) is 0 Å². The zero-order valence-corrected chi connectivity index (χ0v) is 56.0. The Balaban J connectivity index is 4.10. The Morgan fingerprint density at radius 3 is 0.735 bits per heavy atom. The predicted octanol–water partition coefficient (Wildman–Crippen LogP) is 25.7. The second-order valence-corrected chi connectivity index (χ2v) is 25.2. The molecule has 0 aromatic carbocycles. The van der Waals surface area contributed by atoms with E-state index in [2.05, 4.69) is 69.4 Å². The summed E-state index contributed by atoms with van der Waals surface area (Å²) in [6.45, 7) is 6.63. The van der Waals surface area contributed by atoms with Gasteiger partial charge in [0.1, 0.15) is 13.2 Å². The number of carbonyl (C=O) groups is 3. The Kier molecular flexibility index (Phi) is 69.6. The van der Waals surface area contributed by atoms with Gasteiger partial charge in [-0.1, -0.05) is 358 Å². The monoisotopic (exact) mass is 1160 g/mol. The zero-order chi connectivity index (χ0) is 59.9. The van der Waals surface area contributed by atoms with E-state index >= 15 is 0 Å². The van der Waals surface area contributed by atoms with Crippen LogP contribution in [-0.2, 0) is 28.6 Å². The standard InChI is InChI=1S/C77H142O6/c1-4-7-10-13-16-19-22-24-26-28-30-32-34-36-37-38-39-40-41-42-44-45-47-49-51-53-55-58-61-64-67-70-76(79)82-73-74(72-81-75(78)69-66-63-60-57-21-18-15-12-9-6-3)83-77(80)71-68-65-62-59-56-54-52-50-48-46-43-35-33-31-29-27-25-23-20-17-14-11-8-5-2/h12,15,22,24,28,30,34,36,74H,4-11,13-14,16-21,23,25-27,29,31-33,35,37-73H2,1-3H3/b15-12-,24-22-,30-28-,36-34-. The van der Waals surface area contributed by atoms with Crippen molar-refractivity contribution in [1.82, 2.24) is 0 Å². The Bertz CT molecular complexity index is 1430. The number of hydrogen-bond donors (Lipinski definition) is 0. The van der Waals surface area contributed by atoms with Crippen LogP contribution in [0, 0.1) is 0 Å². The number of unbranched alkanes of at least 4 members (excludes halogenated alkanes) is 50. The molecule has 1 atom stereocenters. The highest BCUT2D eigenvalue weighted by Crippen LogP contribution is 2.19. The van der Waals surface area contributed by atoms with Crippen molar-refractivity contribution in [2.75, 3.05) is 13.2 Å². The Morgan fingerprint density at radius 1 is 0.241 bits per heavy atom. The van der Waals surface area contributed by atoms with E-state index in [1.54, 1.807) is 0 Å². The van der Waals surface area contributed by atoms with Crippen molar-refractivity contribution in [2.24, 2.45) is 0 Å². The normalized spacial score (nSPS) is 12.3. The number of rotatable bonds is 69. The largest absolute Gasteiger partial charge is 0.462 e. The van der Waals surface area contributed by atoms with E-state index < -0.39 is 6.10 Å². The summed E-state index contributed by atoms with van der Waals surface area (Å²) in [5.74, 6) is -0.854. The molecular formula is C77H142O6. The van der Waals surface area contributed by atoms with Gasteiger partial charge < -0.3 is 14.2 Å². The maximum Gasteiger partial charge on any atom is 0.306 e. The average molecular weight is 1160 g/mol. The summed E-state index contributed by atoms with van der Waals surface area (Å²) in [7, 11) is 0. The molecule has 486 valence electrons. The van der Waals surface area contributed by atoms with Crippen molar-refractivity contribution in [1.29, 1.82) is 0 Å². The Hall–Kier alpha value is -2.63. The van der Waals surface area contributed by atoms with Crippen LogP contribution in [0.4, 0.5) is 0 Å². The third-order valence-electron chi connectivity index (χ3n) is 16.8. The van der Waals surface area contributed by atoms with Gasteiger partial charge in [0.05, 0.1) is 0 Å². The maximum atomic E-state index is 12.9. The van der Waals surface area contributed by atoms with Crippen LogP contribution in [0.25, 0.3) is 0 Å². The molecular weight excluding hydrogens is 1020 g/mol. The Morgan fingerprint density at radius 2 is 0.458 bits per heavy atom. The fraction of sp³-hybridized carbons (Fsp3) is 0.857. The van der Waals surface area contributed by atoms with Gasteiger partial charge in [0.25, 0.3) is 0 Å². The van der Waals surface area contributed by atoms with Crippen molar-refractivity contribution in [3.63, 3.8) is 0 Å². The van der Waals surface area contributed by atoms with Gasteiger partial charge in [-0.15, -0.1) is 0 Å². The van der Waals surface area contributed by atoms with Crippen molar-refractivity contribution in [3.05, 3.63) is 48.6 Å². The second-order valence-electron chi connectivity index (χ2n) is 25.2. The molecule has 0 aromatic rings. The van der Waals surface area contributed by atoms with E-state index in [1.165, 1.54) is 283 Å². The fourth-order valence-corrected chi connectivity index (χ4v) is 11.2. The van der Waals surface area contributed by atoms with Crippen LogP contribution in [-0.4, -0.2) is 37.2 Å². The first-order valence-corrected chi connectivity index (χ1v) is 37.1. The maximum absolute atomic E-state index is 12.9. The smallest absolute Gasteiger partial charge is 0.306 e. The molecule has 83 heavy (non-hydrogen) atoms. The van der Waals surface area contributed by atoms with Crippen LogP contribution in [0.1, 0.15) is 406 Å². The molecule has 0 N–H and O–H groups in total. The third-order valence-corrected chi connectivity index (χ3v) is 16.8. The second kappa shape index (κ2) is 71.8. The zero-order valence-electron chi connectivity index (χ0n) is 56.0.